The van der Waals surface area contributed by atoms with Crippen LogP contribution < -0.4 is 15.4 Å². The summed E-state index contributed by atoms with van der Waals surface area (Å²) in [6.07, 6.45) is 1.94. The molecule has 0 aliphatic carbocycles. The highest BCUT2D eigenvalue weighted by atomic mass is 79.9. The molecule has 1 saturated heterocycles. The Morgan fingerprint density at radius 3 is 2.94 bits per heavy atom. The number of benzene rings is 1. The molecule has 0 spiro atoms. The van der Waals surface area contributed by atoms with Crippen LogP contribution in [-0.4, -0.2) is 25.6 Å². The van der Waals surface area contributed by atoms with E-state index in [4.69, 9.17) is 4.74 Å². The third kappa shape index (κ3) is 2.84. The first-order valence-corrected chi connectivity index (χ1v) is 6.79. The van der Waals surface area contributed by atoms with E-state index in [1.54, 1.807) is 7.11 Å². The highest BCUT2D eigenvalue weighted by Crippen LogP contribution is 2.32. The van der Waals surface area contributed by atoms with Crippen molar-refractivity contribution in [2.45, 2.75) is 25.8 Å². The zero-order chi connectivity index (χ0) is 13.1. The van der Waals surface area contributed by atoms with E-state index in [-0.39, 0.29) is 11.9 Å². The number of hydrogen-bond donors (Lipinski definition) is 2. The first kappa shape index (κ1) is 13.4. The van der Waals surface area contributed by atoms with Crippen molar-refractivity contribution in [1.82, 2.24) is 5.32 Å². The van der Waals surface area contributed by atoms with Gasteiger partial charge in [-0.2, -0.15) is 0 Å². The van der Waals surface area contributed by atoms with E-state index in [2.05, 4.69) is 26.6 Å². The molecular formula is C13H17BrN2O2. The molecule has 1 aliphatic rings. The average Bonchev–Trinajstić information content (AvgIpc) is 2.85. The maximum atomic E-state index is 12.1. The normalized spacial score (nSPS) is 18.7. The van der Waals surface area contributed by atoms with E-state index in [9.17, 15) is 4.79 Å². The molecule has 1 aliphatic heterocycles. The molecule has 4 nitrogen and oxygen atoms in total. The quantitative estimate of drug-likeness (QED) is 0.901. The Labute approximate surface area is 115 Å². The Balaban J connectivity index is 2.19. The highest BCUT2D eigenvalue weighted by Gasteiger charge is 2.23. The lowest BCUT2D eigenvalue weighted by Gasteiger charge is -2.16. The zero-order valence-electron chi connectivity index (χ0n) is 10.5. The van der Waals surface area contributed by atoms with E-state index < -0.39 is 0 Å². The van der Waals surface area contributed by atoms with Crippen LogP contribution in [0.15, 0.2) is 16.6 Å². The average molecular weight is 313 g/mol. The number of methoxy groups -OCH3 is 1. The number of aryl methyl sites for hydroxylation is 1. The Morgan fingerprint density at radius 1 is 1.56 bits per heavy atom. The van der Waals surface area contributed by atoms with Gasteiger partial charge in [-0.3, -0.25) is 4.79 Å². The van der Waals surface area contributed by atoms with Crippen molar-refractivity contribution in [1.29, 1.82) is 0 Å². The summed E-state index contributed by atoms with van der Waals surface area (Å²) in [4.78, 5) is 12.1. The summed E-state index contributed by atoms with van der Waals surface area (Å²) in [5.74, 6) is 0.685. The third-order valence-electron chi connectivity index (χ3n) is 3.11. The molecular weight excluding hydrogens is 296 g/mol. The van der Waals surface area contributed by atoms with Gasteiger partial charge in [-0.1, -0.05) is 15.9 Å². The number of anilines is 1. The third-order valence-corrected chi connectivity index (χ3v) is 3.57. The fraction of sp³-hybridized carbons (Fsp3) is 0.462. The molecule has 1 amide bonds. The van der Waals surface area contributed by atoms with Gasteiger partial charge < -0.3 is 15.4 Å². The summed E-state index contributed by atoms with van der Waals surface area (Å²) >= 11 is 3.42. The van der Waals surface area contributed by atoms with E-state index in [0.717, 1.165) is 35.1 Å². The summed E-state index contributed by atoms with van der Waals surface area (Å²) in [6, 6.07) is 3.73. The predicted octanol–water partition coefficient (Wildman–Crippen LogP) is 2.46. The van der Waals surface area contributed by atoms with E-state index in [0.29, 0.717) is 5.75 Å². The first-order chi connectivity index (χ1) is 8.61. The minimum absolute atomic E-state index is 0.0104. The van der Waals surface area contributed by atoms with Crippen LogP contribution >= 0.6 is 15.9 Å². The maximum absolute atomic E-state index is 12.1. The summed E-state index contributed by atoms with van der Waals surface area (Å²) in [7, 11) is 1.60. The van der Waals surface area contributed by atoms with Gasteiger partial charge in [0.05, 0.1) is 18.8 Å². The topological polar surface area (TPSA) is 50.4 Å². The minimum atomic E-state index is -0.0854. The fourth-order valence-corrected chi connectivity index (χ4v) is 2.70. The van der Waals surface area contributed by atoms with Crippen molar-refractivity contribution >= 4 is 27.5 Å². The van der Waals surface area contributed by atoms with Gasteiger partial charge in [0.15, 0.2) is 0 Å². The van der Waals surface area contributed by atoms with Crippen molar-refractivity contribution in [3.8, 4) is 5.75 Å². The van der Waals surface area contributed by atoms with Gasteiger partial charge in [0.25, 0.3) is 0 Å². The molecule has 1 heterocycles. The smallest absolute Gasteiger partial charge is 0.241 e. The first-order valence-electron chi connectivity index (χ1n) is 6.00. The summed E-state index contributed by atoms with van der Waals surface area (Å²) in [6.45, 7) is 2.86. The number of halogens is 1. The molecule has 1 aromatic rings. The Bertz CT molecular complexity index is 457. The van der Waals surface area contributed by atoms with Gasteiger partial charge in [0.1, 0.15) is 5.75 Å². The number of carbonyl (C=O) groups excluding carboxylic acids is 1. The Hall–Kier alpha value is -1.07. The molecule has 0 aromatic heterocycles. The number of nitrogens with one attached hydrogen (secondary N) is 2. The van der Waals surface area contributed by atoms with Crippen LogP contribution in [0.2, 0.25) is 0 Å². The lowest BCUT2D eigenvalue weighted by Crippen LogP contribution is -2.35. The largest absolute Gasteiger partial charge is 0.495 e. The van der Waals surface area contributed by atoms with Crippen molar-refractivity contribution in [3.05, 3.63) is 22.2 Å². The van der Waals surface area contributed by atoms with Gasteiger partial charge in [0, 0.05) is 4.47 Å². The van der Waals surface area contributed by atoms with E-state index >= 15 is 0 Å². The van der Waals surface area contributed by atoms with Gasteiger partial charge in [-0.05, 0) is 44.0 Å². The summed E-state index contributed by atoms with van der Waals surface area (Å²) in [5, 5.41) is 6.13. The SMILES string of the molecule is COc1cc(Br)cc(C)c1NC(=O)[C@H]1CCCN1. The molecule has 98 valence electrons. The summed E-state index contributed by atoms with van der Waals surface area (Å²) in [5.41, 5.74) is 1.73. The van der Waals surface area contributed by atoms with Crippen LogP contribution in [0.5, 0.6) is 5.75 Å². The molecule has 2 N–H and O–H groups in total. The standard InChI is InChI=1S/C13H17BrN2O2/c1-8-6-9(14)7-11(18-2)12(8)16-13(17)10-4-3-5-15-10/h6-7,10,15H,3-5H2,1-2H3,(H,16,17)/t10-/m1/s1. The van der Waals surface area contributed by atoms with Crippen LogP contribution in [-0.2, 0) is 4.79 Å². The molecule has 0 saturated carbocycles. The van der Waals surface area contributed by atoms with Crippen LogP contribution in [0.3, 0.4) is 0 Å². The molecule has 2 rings (SSSR count). The van der Waals surface area contributed by atoms with E-state index in [1.165, 1.54) is 0 Å². The molecule has 1 fully saturated rings. The van der Waals surface area contributed by atoms with Gasteiger partial charge in [-0.15, -0.1) is 0 Å². The molecule has 1 aromatic carbocycles. The lowest BCUT2D eigenvalue weighted by atomic mass is 10.1. The van der Waals surface area contributed by atoms with Crippen molar-refractivity contribution in [2.24, 2.45) is 0 Å². The number of ether oxygens (including phenoxy) is 1. The molecule has 18 heavy (non-hydrogen) atoms. The maximum Gasteiger partial charge on any atom is 0.241 e. The number of amides is 1. The Kier molecular flexibility index (Phi) is 4.24. The fourth-order valence-electron chi connectivity index (χ4n) is 2.15. The van der Waals surface area contributed by atoms with Crippen molar-refractivity contribution in [3.63, 3.8) is 0 Å². The van der Waals surface area contributed by atoms with E-state index in [1.807, 2.05) is 19.1 Å². The monoisotopic (exact) mass is 312 g/mol. The van der Waals surface area contributed by atoms with Crippen molar-refractivity contribution in [2.75, 3.05) is 19.0 Å². The Morgan fingerprint density at radius 2 is 2.33 bits per heavy atom. The molecule has 0 radical (unpaired) electrons. The molecule has 0 bridgehead atoms. The summed E-state index contributed by atoms with van der Waals surface area (Å²) < 4.78 is 6.24. The number of carbonyl (C=O) groups is 1. The van der Waals surface area contributed by atoms with Crippen LogP contribution in [0, 0.1) is 6.92 Å². The second-order valence-corrected chi connectivity index (χ2v) is 5.35. The molecule has 0 unspecified atom stereocenters. The zero-order valence-corrected chi connectivity index (χ0v) is 12.1. The number of hydrogen-bond acceptors (Lipinski definition) is 3. The predicted molar refractivity (Wildman–Crippen MR) is 75.1 cm³/mol. The highest BCUT2D eigenvalue weighted by molar-refractivity contribution is 9.10. The van der Waals surface area contributed by atoms with Crippen LogP contribution in [0.25, 0.3) is 0 Å². The number of rotatable bonds is 3. The second kappa shape index (κ2) is 5.71. The second-order valence-electron chi connectivity index (χ2n) is 4.44. The van der Waals surface area contributed by atoms with Gasteiger partial charge >= 0.3 is 0 Å². The van der Waals surface area contributed by atoms with Gasteiger partial charge in [-0.25, -0.2) is 0 Å². The van der Waals surface area contributed by atoms with Gasteiger partial charge in [0.2, 0.25) is 5.91 Å². The lowest BCUT2D eigenvalue weighted by molar-refractivity contribution is -0.117. The minimum Gasteiger partial charge on any atom is -0.495 e. The van der Waals surface area contributed by atoms with Crippen molar-refractivity contribution < 1.29 is 9.53 Å². The molecule has 5 heteroatoms. The van der Waals surface area contributed by atoms with Crippen LogP contribution in [0.4, 0.5) is 5.69 Å². The van der Waals surface area contributed by atoms with Crippen LogP contribution in [0.1, 0.15) is 18.4 Å². The molecule has 1 atom stereocenters.